The van der Waals surface area contributed by atoms with Crippen molar-refractivity contribution in [3.05, 3.63) is 12.2 Å². The van der Waals surface area contributed by atoms with Gasteiger partial charge in [0, 0.05) is 12.1 Å². The van der Waals surface area contributed by atoms with E-state index in [1.165, 1.54) is 11.8 Å². The lowest BCUT2D eigenvalue weighted by atomic mass is 9.97. The summed E-state index contributed by atoms with van der Waals surface area (Å²) in [6.07, 6.45) is 10.1. The highest BCUT2D eigenvalue weighted by molar-refractivity contribution is 8.12. The summed E-state index contributed by atoms with van der Waals surface area (Å²) in [5.41, 5.74) is 5.98. The van der Waals surface area contributed by atoms with E-state index in [9.17, 15) is 4.79 Å². The van der Waals surface area contributed by atoms with Crippen molar-refractivity contribution >= 4 is 17.0 Å². The largest absolute Gasteiger partial charge is 0.343 e. The van der Waals surface area contributed by atoms with Crippen LogP contribution in [0.5, 0.6) is 0 Å². The second-order valence-corrected chi connectivity index (χ2v) is 4.32. The maximum Gasteiger partial charge on any atom is 0.279 e. The van der Waals surface area contributed by atoms with Gasteiger partial charge in [0.1, 0.15) is 0 Å². The fourth-order valence-corrected chi connectivity index (χ4v) is 1.86. The Bertz CT molecular complexity index is 218. The number of hydrogen-bond acceptors (Lipinski definition) is 3. The maximum absolute atomic E-state index is 11.2. The average molecular weight is 214 g/mol. The molecule has 0 fully saturated rings. The number of nitrogens with two attached hydrogens (primary N) is 1. The van der Waals surface area contributed by atoms with Gasteiger partial charge in [-0.25, -0.2) is 0 Å². The van der Waals surface area contributed by atoms with Gasteiger partial charge in [0.15, 0.2) is 0 Å². The Balaban J connectivity index is 2.47. The SMILES string of the molecule is CSC(=O)NC1CCC/C=C/CC1N. The molecular formula is C10H18N2OS. The average Bonchev–Trinajstić information content (AvgIpc) is 2.17. The summed E-state index contributed by atoms with van der Waals surface area (Å²) >= 11 is 1.21. The van der Waals surface area contributed by atoms with E-state index < -0.39 is 0 Å². The highest BCUT2D eigenvalue weighted by Gasteiger charge is 2.19. The van der Waals surface area contributed by atoms with Crippen molar-refractivity contribution in [2.45, 2.75) is 37.8 Å². The molecule has 0 aromatic rings. The zero-order valence-electron chi connectivity index (χ0n) is 8.53. The number of carbonyl (C=O) groups is 1. The standard InChI is InChI=1S/C10H18N2OS/c1-14-10(13)12-9-7-5-3-2-4-6-8(9)11/h2,4,8-9H,3,5-7,11H2,1H3,(H,12,13)/b4-2+. The summed E-state index contributed by atoms with van der Waals surface area (Å²) in [6, 6.07) is 0.197. The highest BCUT2D eigenvalue weighted by atomic mass is 32.2. The first-order valence-corrected chi connectivity index (χ1v) is 6.21. The minimum atomic E-state index is 0.0232. The van der Waals surface area contributed by atoms with Gasteiger partial charge in [-0.3, -0.25) is 4.79 Å². The summed E-state index contributed by atoms with van der Waals surface area (Å²) in [5.74, 6) is 0. The second-order valence-electron chi connectivity index (χ2n) is 3.54. The number of thioether (sulfide) groups is 1. The van der Waals surface area contributed by atoms with Crippen LogP contribution in [-0.2, 0) is 0 Å². The molecule has 0 saturated carbocycles. The first kappa shape index (κ1) is 11.6. The molecule has 0 saturated heterocycles. The van der Waals surface area contributed by atoms with Crippen molar-refractivity contribution < 1.29 is 4.79 Å². The molecule has 1 rings (SSSR count). The van der Waals surface area contributed by atoms with Crippen LogP contribution in [0.25, 0.3) is 0 Å². The molecule has 3 nitrogen and oxygen atoms in total. The lowest BCUT2D eigenvalue weighted by Crippen LogP contribution is -2.46. The molecule has 1 aliphatic carbocycles. The second kappa shape index (κ2) is 6.09. The van der Waals surface area contributed by atoms with E-state index in [1.807, 2.05) is 0 Å². The normalized spacial score (nSPS) is 30.1. The monoisotopic (exact) mass is 214 g/mol. The molecular weight excluding hydrogens is 196 g/mol. The number of hydrogen-bond donors (Lipinski definition) is 2. The Kier molecular flexibility index (Phi) is 5.04. The summed E-state index contributed by atoms with van der Waals surface area (Å²) in [4.78, 5) is 11.2. The highest BCUT2D eigenvalue weighted by Crippen LogP contribution is 2.12. The number of carbonyl (C=O) groups excluding carboxylic acids is 1. The van der Waals surface area contributed by atoms with Crippen molar-refractivity contribution in [1.82, 2.24) is 5.32 Å². The Hall–Kier alpha value is -0.480. The first-order valence-electron chi connectivity index (χ1n) is 4.99. The smallest absolute Gasteiger partial charge is 0.279 e. The molecule has 14 heavy (non-hydrogen) atoms. The van der Waals surface area contributed by atoms with Gasteiger partial charge < -0.3 is 11.1 Å². The maximum atomic E-state index is 11.2. The zero-order chi connectivity index (χ0) is 10.4. The number of nitrogens with one attached hydrogen (secondary N) is 1. The van der Waals surface area contributed by atoms with Crippen molar-refractivity contribution in [3.63, 3.8) is 0 Å². The van der Waals surface area contributed by atoms with Crippen molar-refractivity contribution in [1.29, 1.82) is 0 Å². The predicted molar refractivity (Wildman–Crippen MR) is 61.4 cm³/mol. The molecule has 80 valence electrons. The predicted octanol–water partition coefficient (Wildman–Crippen LogP) is 1.89. The molecule has 2 atom stereocenters. The Morgan fingerprint density at radius 2 is 2.36 bits per heavy atom. The van der Waals surface area contributed by atoms with Crippen LogP contribution in [0.1, 0.15) is 25.7 Å². The summed E-state index contributed by atoms with van der Waals surface area (Å²) < 4.78 is 0. The van der Waals surface area contributed by atoms with E-state index in [-0.39, 0.29) is 17.3 Å². The third-order valence-electron chi connectivity index (χ3n) is 2.47. The molecule has 0 aromatic heterocycles. The van der Waals surface area contributed by atoms with Gasteiger partial charge in [-0.15, -0.1) is 0 Å². The third kappa shape index (κ3) is 3.72. The molecule has 3 N–H and O–H groups in total. The van der Waals surface area contributed by atoms with Gasteiger partial charge in [0.2, 0.25) is 0 Å². The minimum Gasteiger partial charge on any atom is -0.343 e. The lowest BCUT2D eigenvalue weighted by molar-refractivity contribution is 0.253. The van der Waals surface area contributed by atoms with Gasteiger partial charge in [0.25, 0.3) is 5.24 Å². The van der Waals surface area contributed by atoms with Crippen LogP contribution in [0.4, 0.5) is 4.79 Å². The van der Waals surface area contributed by atoms with E-state index in [0.29, 0.717) is 0 Å². The van der Waals surface area contributed by atoms with E-state index in [2.05, 4.69) is 17.5 Å². The molecule has 0 radical (unpaired) electrons. The number of rotatable bonds is 1. The number of allylic oxidation sites excluding steroid dienone is 1. The van der Waals surface area contributed by atoms with Crippen LogP contribution in [0.3, 0.4) is 0 Å². The quantitative estimate of drug-likeness (QED) is 0.655. The third-order valence-corrected chi connectivity index (χ3v) is 2.95. The lowest BCUT2D eigenvalue weighted by Gasteiger charge is -2.25. The molecule has 0 spiro atoms. The Morgan fingerprint density at radius 1 is 1.57 bits per heavy atom. The van der Waals surface area contributed by atoms with Crippen molar-refractivity contribution in [3.8, 4) is 0 Å². The van der Waals surface area contributed by atoms with E-state index in [4.69, 9.17) is 5.73 Å². The summed E-state index contributed by atoms with van der Waals surface area (Å²) in [5, 5.41) is 2.97. The molecule has 2 unspecified atom stereocenters. The molecule has 1 amide bonds. The van der Waals surface area contributed by atoms with Crippen molar-refractivity contribution in [2.24, 2.45) is 5.73 Å². The van der Waals surface area contributed by atoms with Crippen LogP contribution in [0, 0.1) is 0 Å². The van der Waals surface area contributed by atoms with Gasteiger partial charge in [-0.1, -0.05) is 23.9 Å². The van der Waals surface area contributed by atoms with Crippen LogP contribution < -0.4 is 11.1 Å². The van der Waals surface area contributed by atoms with Gasteiger partial charge in [-0.2, -0.15) is 0 Å². The van der Waals surface area contributed by atoms with Crippen LogP contribution in [0.2, 0.25) is 0 Å². The topological polar surface area (TPSA) is 55.1 Å². The van der Waals surface area contributed by atoms with Crippen LogP contribution in [-0.4, -0.2) is 23.6 Å². The van der Waals surface area contributed by atoms with E-state index >= 15 is 0 Å². The van der Waals surface area contributed by atoms with Crippen LogP contribution >= 0.6 is 11.8 Å². The van der Waals surface area contributed by atoms with Gasteiger partial charge in [-0.05, 0) is 31.9 Å². The summed E-state index contributed by atoms with van der Waals surface area (Å²) in [7, 11) is 0. The van der Waals surface area contributed by atoms with E-state index in [1.54, 1.807) is 6.26 Å². The zero-order valence-corrected chi connectivity index (χ0v) is 9.35. The molecule has 0 aliphatic heterocycles. The van der Waals surface area contributed by atoms with E-state index in [0.717, 1.165) is 25.7 Å². The fourth-order valence-electron chi connectivity index (χ4n) is 1.59. The fraction of sp³-hybridized carbons (Fsp3) is 0.700. The van der Waals surface area contributed by atoms with Gasteiger partial charge in [0.05, 0.1) is 0 Å². The van der Waals surface area contributed by atoms with Crippen molar-refractivity contribution in [2.75, 3.05) is 6.26 Å². The molecule has 0 bridgehead atoms. The molecule has 1 aliphatic rings. The number of amides is 1. The van der Waals surface area contributed by atoms with Crippen LogP contribution in [0.15, 0.2) is 12.2 Å². The first-order chi connectivity index (χ1) is 6.74. The Labute approximate surface area is 89.5 Å². The minimum absolute atomic E-state index is 0.0232. The molecule has 4 heteroatoms. The van der Waals surface area contributed by atoms with Gasteiger partial charge >= 0.3 is 0 Å². The summed E-state index contributed by atoms with van der Waals surface area (Å²) in [6.45, 7) is 0. The Morgan fingerprint density at radius 3 is 3.07 bits per heavy atom. The molecule has 0 aromatic carbocycles. The molecule has 0 heterocycles.